The van der Waals surface area contributed by atoms with E-state index in [-0.39, 0.29) is 18.8 Å². The van der Waals surface area contributed by atoms with Crippen molar-refractivity contribution in [3.8, 4) is 5.75 Å². The van der Waals surface area contributed by atoms with Gasteiger partial charge in [-0.15, -0.1) is 0 Å². The third kappa shape index (κ3) is 2.18. The Bertz CT molecular complexity index is 1100. The number of carbonyl (C=O) groups excluding carboxylic acids is 1. The number of aromatic nitrogens is 1. The molecule has 3 aliphatic heterocycles. The molecule has 0 spiro atoms. The van der Waals surface area contributed by atoms with Crippen molar-refractivity contribution in [3.05, 3.63) is 52.2 Å². The summed E-state index contributed by atoms with van der Waals surface area (Å²) in [5.41, 5.74) is 5.03. The quantitative estimate of drug-likeness (QED) is 0.782. The molecule has 144 valence electrons. The maximum absolute atomic E-state index is 12.3. The number of aliphatic hydroxyl groups is 1. The molecule has 0 unspecified atom stereocenters. The van der Waals surface area contributed by atoms with Gasteiger partial charge in [-0.2, -0.15) is 0 Å². The van der Waals surface area contributed by atoms with Crippen LogP contribution in [0.4, 0.5) is 0 Å². The van der Waals surface area contributed by atoms with E-state index in [1.165, 1.54) is 5.56 Å². The van der Waals surface area contributed by atoms with Crippen molar-refractivity contribution in [2.75, 3.05) is 13.2 Å². The first-order chi connectivity index (χ1) is 13.5. The molecular weight excluding hydrogens is 356 g/mol. The number of rotatable bonds is 2. The highest BCUT2D eigenvalue weighted by atomic mass is 16.6. The van der Waals surface area contributed by atoms with Crippen LogP contribution in [0.3, 0.4) is 0 Å². The molecule has 1 aromatic heterocycles. The Labute approximate surface area is 162 Å². The van der Waals surface area contributed by atoms with Crippen molar-refractivity contribution >= 4 is 22.6 Å². The number of esters is 1. The molecule has 4 heterocycles. The van der Waals surface area contributed by atoms with E-state index in [1.54, 1.807) is 19.1 Å². The fraction of sp³-hybridized carbons (Fsp3) is 0.364. The topological polar surface area (TPSA) is 82.9 Å². The molecule has 3 aliphatic rings. The number of hydrogen-bond donors (Lipinski definition) is 2. The van der Waals surface area contributed by atoms with Crippen LogP contribution in [0.1, 0.15) is 37.1 Å². The predicted molar refractivity (Wildman–Crippen MR) is 104 cm³/mol. The monoisotopic (exact) mass is 378 g/mol. The number of pyridine rings is 1. The molecule has 0 aliphatic carbocycles. The van der Waals surface area contributed by atoms with E-state index in [1.807, 2.05) is 12.1 Å². The van der Waals surface area contributed by atoms with Gasteiger partial charge < -0.3 is 19.8 Å². The zero-order valence-corrected chi connectivity index (χ0v) is 16.0. The lowest BCUT2D eigenvalue weighted by Crippen LogP contribution is -2.47. The second-order valence-electron chi connectivity index (χ2n) is 7.67. The number of aryl methyl sites for hydroxylation is 1. The van der Waals surface area contributed by atoms with E-state index in [2.05, 4.69) is 11.8 Å². The highest BCUT2D eigenvalue weighted by molar-refractivity contribution is 5.91. The van der Waals surface area contributed by atoms with E-state index in [9.17, 15) is 15.0 Å². The van der Waals surface area contributed by atoms with E-state index in [0.717, 1.165) is 46.4 Å². The smallest absolute Gasteiger partial charge is 0.343 e. The average Bonchev–Trinajstić information content (AvgIpc) is 3.05. The Morgan fingerprint density at radius 3 is 2.86 bits per heavy atom. The summed E-state index contributed by atoms with van der Waals surface area (Å²) in [6, 6.07) is 5.26. The number of fused-ring (bicyclic) bond motifs is 4. The fourth-order valence-corrected chi connectivity index (χ4v) is 4.68. The number of phenols is 1. The molecule has 0 bridgehead atoms. The van der Waals surface area contributed by atoms with Gasteiger partial charge >= 0.3 is 5.97 Å². The molecule has 0 fully saturated rings. The number of phenolic OH excluding ortho intramolecular Hbond substituents is 1. The van der Waals surface area contributed by atoms with Gasteiger partial charge in [0.2, 0.25) is 0 Å². The van der Waals surface area contributed by atoms with Crippen LogP contribution in [-0.2, 0) is 22.5 Å². The van der Waals surface area contributed by atoms with E-state index < -0.39 is 11.6 Å². The summed E-state index contributed by atoms with van der Waals surface area (Å²) < 4.78 is 5.25. The Morgan fingerprint density at radius 2 is 2.11 bits per heavy atom. The van der Waals surface area contributed by atoms with Gasteiger partial charge in [-0.05, 0) is 48.3 Å². The van der Waals surface area contributed by atoms with Crippen molar-refractivity contribution in [3.63, 3.8) is 0 Å². The first-order valence-corrected chi connectivity index (χ1v) is 9.69. The molecule has 2 N–H and O–H groups in total. The molecule has 1 atom stereocenters. The number of benzene rings is 1. The lowest BCUT2D eigenvalue weighted by molar-refractivity contribution is -0.163. The molecule has 0 saturated carbocycles. The lowest BCUT2D eigenvalue weighted by Gasteiger charge is -2.37. The predicted octanol–water partition coefficient (Wildman–Crippen LogP) is 2.67. The molecule has 0 amide bonds. The van der Waals surface area contributed by atoms with Gasteiger partial charge in [0.15, 0.2) is 5.60 Å². The van der Waals surface area contributed by atoms with Crippen LogP contribution in [-0.4, -0.2) is 44.8 Å². The number of nitrogens with zero attached hydrogens (tertiary/aromatic N) is 2. The van der Waals surface area contributed by atoms with Crippen LogP contribution in [0, 0.1) is 0 Å². The number of cyclic esters (lactones) is 1. The first kappa shape index (κ1) is 17.3. The Balaban J connectivity index is 1.72. The Hall–Kier alpha value is -2.86. The van der Waals surface area contributed by atoms with Gasteiger partial charge in [0.1, 0.15) is 12.4 Å². The molecule has 5 rings (SSSR count). The van der Waals surface area contributed by atoms with Crippen LogP contribution >= 0.6 is 0 Å². The van der Waals surface area contributed by atoms with Gasteiger partial charge in [0, 0.05) is 29.6 Å². The van der Waals surface area contributed by atoms with E-state index in [4.69, 9.17) is 9.72 Å². The van der Waals surface area contributed by atoms with Crippen LogP contribution in [0.2, 0.25) is 0 Å². The van der Waals surface area contributed by atoms with Gasteiger partial charge in [0.05, 0.1) is 16.9 Å². The SMILES string of the molecule is CCc1c2c(nc3ccc(O)cc13)C1=CC3=C(COC(=O)[C@]3(O)CC)CN1C2. The second kappa shape index (κ2) is 5.82. The summed E-state index contributed by atoms with van der Waals surface area (Å²) in [6.07, 6.45) is 3.03. The second-order valence-corrected chi connectivity index (χ2v) is 7.67. The highest BCUT2D eigenvalue weighted by Crippen LogP contribution is 2.44. The molecule has 2 aromatic rings. The third-order valence-electron chi connectivity index (χ3n) is 6.19. The normalized spacial score (nSPS) is 23.3. The van der Waals surface area contributed by atoms with Crippen molar-refractivity contribution in [2.45, 2.75) is 38.8 Å². The maximum atomic E-state index is 12.3. The van der Waals surface area contributed by atoms with Crippen LogP contribution < -0.4 is 0 Å². The summed E-state index contributed by atoms with van der Waals surface area (Å²) in [7, 11) is 0. The van der Waals surface area contributed by atoms with Gasteiger partial charge in [-0.3, -0.25) is 0 Å². The summed E-state index contributed by atoms with van der Waals surface area (Å²) in [5.74, 6) is -0.340. The molecule has 28 heavy (non-hydrogen) atoms. The number of ether oxygens (including phenoxy) is 1. The standard InChI is InChI=1S/C22H22N2O4/c1-3-14-15-7-13(25)5-6-18(15)23-20-16(14)10-24-9-12-11-28-21(26)22(27,4-2)17(12)8-19(20)24/h5-8,25,27H,3-4,9-11H2,1-2H3/t22-/m0/s1. The summed E-state index contributed by atoms with van der Waals surface area (Å²) in [6.45, 7) is 5.45. The van der Waals surface area contributed by atoms with Crippen molar-refractivity contribution in [1.29, 1.82) is 0 Å². The third-order valence-corrected chi connectivity index (χ3v) is 6.19. The van der Waals surface area contributed by atoms with E-state index in [0.29, 0.717) is 12.1 Å². The zero-order valence-electron chi connectivity index (χ0n) is 16.0. The number of aromatic hydroxyl groups is 1. The molecule has 0 radical (unpaired) electrons. The van der Waals surface area contributed by atoms with Crippen LogP contribution in [0.15, 0.2) is 35.4 Å². The van der Waals surface area contributed by atoms with Crippen molar-refractivity contribution in [2.24, 2.45) is 0 Å². The lowest BCUT2D eigenvalue weighted by atomic mass is 9.83. The highest BCUT2D eigenvalue weighted by Gasteiger charge is 2.46. The Morgan fingerprint density at radius 1 is 1.29 bits per heavy atom. The van der Waals surface area contributed by atoms with E-state index >= 15 is 0 Å². The maximum Gasteiger partial charge on any atom is 0.343 e. The molecule has 6 heteroatoms. The van der Waals surface area contributed by atoms with Crippen LogP contribution in [0.5, 0.6) is 5.75 Å². The molecule has 6 nitrogen and oxygen atoms in total. The molecular formula is C22H22N2O4. The fourth-order valence-electron chi connectivity index (χ4n) is 4.68. The van der Waals surface area contributed by atoms with Crippen LogP contribution in [0.25, 0.3) is 16.6 Å². The average molecular weight is 378 g/mol. The largest absolute Gasteiger partial charge is 0.508 e. The minimum Gasteiger partial charge on any atom is -0.508 e. The molecule has 0 saturated heterocycles. The summed E-state index contributed by atoms with van der Waals surface area (Å²) in [5, 5.41) is 21.9. The van der Waals surface area contributed by atoms with Crippen molar-refractivity contribution in [1.82, 2.24) is 9.88 Å². The molecule has 1 aromatic carbocycles. The number of carbonyl (C=O) groups is 1. The van der Waals surface area contributed by atoms with Gasteiger partial charge in [-0.1, -0.05) is 13.8 Å². The number of hydrogen-bond acceptors (Lipinski definition) is 6. The van der Waals surface area contributed by atoms with Gasteiger partial charge in [-0.25, -0.2) is 9.78 Å². The Kier molecular flexibility index (Phi) is 3.58. The zero-order chi connectivity index (χ0) is 19.6. The van der Waals surface area contributed by atoms with Crippen molar-refractivity contribution < 1.29 is 19.7 Å². The summed E-state index contributed by atoms with van der Waals surface area (Å²) >= 11 is 0. The first-order valence-electron chi connectivity index (χ1n) is 9.69. The minimum absolute atomic E-state index is 0.219. The van der Waals surface area contributed by atoms with Gasteiger partial charge in [0.25, 0.3) is 0 Å². The summed E-state index contributed by atoms with van der Waals surface area (Å²) in [4.78, 5) is 19.4. The minimum atomic E-state index is -1.59.